The molecule has 3 saturated carbocycles. The summed E-state index contributed by atoms with van der Waals surface area (Å²) in [5, 5.41) is 0. The molecule has 4 aliphatic rings. The SMILES string of the molecule is COC(=O)O[C@@H](C[C@@H](C)C1=C2C[C@H](OC(=O)OC)[C@H]3[C@@]4(C)CCC(=O)C(C)(C)[C@@H]4CC[C@]3(C)[C@@]2(C)CC1)[C@@H](OC(=O)OC)C(C)(C)OC(=O)OC. The third-order valence-electron chi connectivity index (χ3n) is 13.5. The Kier molecular flexibility index (Phi) is 11.4. The quantitative estimate of drug-likeness (QED) is 0.128. The van der Waals surface area contributed by atoms with Crippen LogP contribution < -0.4 is 0 Å². The Bertz CT molecular complexity index is 1420. The number of carbonyl (C=O) groups excluding carboxylic acids is 5. The van der Waals surface area contributed by atoms with Gasteiger partial charge in [0.25, 0.3) is 0 Å². The Morgan fingerprint density at radius 2 is 1.39 bits per heavy atom. The van der Waals surface area contributed by atoms with E-state index in [0.717, 1.165) is 51.9 Å². The minimum atomic E-state index is -1.53. The standard InChI is InChI=1S/C38H58O13/c1-21(19-25(49-31(41)45-10)29(50-32(42)46-11)35(4,5)51-33(43)47-12)22-13-17-37(7)23(22)20-24(48-30(40)44-9)28-36(6)16-15-27(39)34(2,3)26(36)14-18-38(28,37)8/h21,24-26,28-29H,13-20H2,1-12H3/t21-,24+,25+,26+,28+,29-,36+,37+,38+/m1/s1. The van der Waals surface area contributed by atoms with Crippen LogP contribution >= 0.6 is 0 Å². The predicted octanol–water partition coefficient (Wildman–Crippen LogP) is 7.96. The number of hydrogen-bond donors (Lipinski definition) is 0. The molecule has 0 bridgehead atoms. The molecular weight excluding hydrogens is 664 g/mol. The maximum atomic E-state index is 13.2. The number of ether oxygens (including phenoxy) is 8. The Labute approximate surface area is 301 Å². The Morgan fingerprint density at radius 1 is 0.804 bits per heavy atom. The van der Waals surface area contributed by atoms with Crippen molar-refractivity contribution in [1.29, 1.82) is 0 Å². The summed E-state index contributed by atoms with van der Waals surface area (Å²) in [6.07, 6.45) is -1.54. The number of methoxy groups -OCH3 is 4. The van der Waals surface area contributed by atoms with Crippen LogP contribution in [0, 0.1) is 39.4 Å². The first kappa shape index (κ1) is 40.3. The number of fused-ring (bicyclic) bond motifs is 5. The zero-order valence-corrected chi connectivity index (χ0v) is 32.4. The summed E-state index contributed by atoms with van der Waals surface area (Å²) in [7, 11) is 4.77. The molecule has 0 radical (unpaired) electrons. The molecule has 0 unspecified atom stereocenters. The summed E-state index contributed by atoms with van der Waals surface area (Å²) < 4.78 is 42.4. The van der Waals surface area contributed by atoms with Gasteiger partial charge in [-0.05, 0) is 80.5 Å². The minimum Gasteiger partial charge on any atom is -0.438 e. The summed E-state index contributed by atoms with van der Waals surface area (Å²) in [6, 6.07) is 0. The fourth-order valence-corrected chi connectivity index (χ4v) is 10.9. The second-order valence-corrected chi connectivity index (χ2v) is 16.7. The average Bonchev–Trinajstić information content (AvgIpc) is 3.42. The summed E-state index contributed by atoms with van der Waals surface area (Å²) in [6.45, 7) is 16.1. The normalized spacial score (nSPS) is 32.9. The van der Waals surface area contributed by atoms with Crippen molar-refractivity contribution >= 4 is 30.4 Å². The van der Waals surface area contributed by atoms with Crippen molar-refractivity contribution in [3.05, 3.63) is 11.1 Å². The van der Waals surface area contributed by atoms with Crippen LogP contribution in [0.1, 0.15) is 107 Å². The summed E-state index contributed by atoms with van der Waals surface area (Å²) >= 11 is 0. The van der Waals surface area contributed by atoms with Crippen LogP contribution in [0.25, 0.3) is 0 Å². The first-order valence-electron chi connectivity index (χ1n) is 17.9. The highest BCUT2D eigenvalue weighted by Gasteiger charge is 2.70. The molecule has 0 aromatic carbocycles. The second-order valence-electron chi connectivity index (χ2n) is 16.7. The van der Waals surface area contributed by atoms with Crippen LogP contribution in [0.5, 0.6) is 0 Å². The maximum Gasteiger partial charge on any atom is 0.508 e. The van der Waals surface area contributed by atoms with Gasteiger partial charge in [-0.1, -0.05) is 52.7 Å². The molecular formula is C38H58O13. The topological polar surface area (TPSA) is 159 Å². The lowest BCUT2D eigenvalue weighted by atomic mass is 9.36. The highest BCUT2D eigenvalue weighted by atomic mass is 16.8. The van der Waals surface area contributed by atoms with Crippen molar-refractivity contribution in [3.63, 3.8) is 0 Å². The highest BCUT2D eigenvalue weighted by molar-refractivity contribution is 5.85. The third kappa shape index (κ3) is 7.02. The molecule has 0 spiro atoms. The number of carbonyl (C=O) groups is 5. The molecule has 4 rings (SSSR count). The van der Waals surface area contributed by atoms with Gasteiger partial charge in [0.1, 0.15) is 18.0 Å². The van der Waals surface area contributed by atoms with E-state index in [1.165, 1.54) is 33.6 Å². The van der Waals surface area contributed by atoms with E-state index in [-0.39, 0.29) is 46.2 Å². The fraction of sp³-hybridized carbons (Fsp3) is 0.816. The van der Waals surface area contributed by atoms with Crippen LogP contribution in [-0.4, -0.2) is 82.8 Å². The highest BCUT2D eigenvalue weighted by Crippen LogP contribution is 2.74. The first-order valence-corrected chi connectivity index (χ1v) is 17.9. The molecule has 0 saturated heterocycles. The van der Waals surface area contributed by atoms with Crippen molar-refractivity contribution in [1.82, 2.24) is 0 Å². The van der Waals surface area contributed by atoms with Crippen molar-refractivity contribution in [2.45, 2.75) is 131 Å². The summed E-state index contributed by atoms with van der Waals surface area (Å²) in [5.74, 6) is 0.173. The van der Waals surface area contributed by atoms with Gasteiger partial charge >= 0.3 is 24.6 Å². The molecule has 13 heteroatoms. The summed E-state index contributed by atoms with van der Waals surface area (Å²) in [5.41, 5.74) is -0.473. The van der Waals surface area contributed by atoms with Crippen LogP contribution in [0.15, 0.2) is 11.1 Å². The lowest BCUT2D eigenvalue weighted by Gasteiger charge is -2.69. The van der Waals surface area contributed by atoms with E-state index in [2.05, 4.69) is 34.6 Å². The molecule has 0 aliphatic heterocycles. The van der Waals surface area contributed by atoms with E-state index in [1.54, 1.807) is 0 Å². The van der Waals surface area contributed by atoms with Gasteiger partial charge in [0.2, 0.25) is 0 Å². The molecule has 3 fully saturated rings. The van der Waals surface area contributed by atoms with E-state index in [0.29, 0.717) is 12.8 Å². The Morgan fingerprint density at radius 3 is 1.98 bits per heavy atom. The molecule has 51 heavy (non-hydrogen) atoms. The van der Waals surface area contributed by atoms with E-state index < -0.39 is 53.9 Å². The van der Waals surface area contributed by atoms with Crippen LogP contribution in [0.4, 0.5) is 19.2 Å². The zero-order chi connectivity index (χ0) is 38.3. The Balaban J connectivity index is 1.79. The van der Waals surface area contributed by atoms with Gasteiger partial charge in [0, 0.05) is 24.2 Å². The first-order chi connectivity index (χ1) is 23.7. The van der Waals surface area contributed by atoms with E-state index in [1.807, 2.05) is 6.92 Å². The van der Waals surface area contributed by atoms with Crippen LogP contribution in [-0.2, 0) is 42.7 Å². The molecule has 0 heterocycles. The molecule has 0 aromatic heterocycles. The molecule has 288 valence electrons. The fourth-order valence-electron chi connectivity index (χ4n) is 10.9. The molecule has 13 nitrogen and oxygen atoms in total. The van der Waals surface area contributed by atoms with Gasteiger partial charge < -0.3 is 37.9 Å². The minimum absolute atomic E-state index is 0.0249. The van der Waals surface area contributed by atoms with Gasteiger partial charge in [-0.25, -0.2) is 19.2 Å². The number of allylic oxidation sites excluding steroid dienone is 1. The van der Waals surface area contributed by atoms with E-state index in [4.69, 9.17) is 37.9 Å². The van der Waals surface area contributed by atoms with Gasteiger partial charge in [0.15, 0.2) is 11.7 Å². The number of Topliss-reactive ketones (excluding diaryl/α,β-unsaturated/α-hetero) is 1. The Hall–Kier alpha value is -3.51. The summed E-state index contributed by atoms with van der Waals surface area (Å²) in [4.78, 5) is 63.4. The van der Waals surface area contributed by atoms with Crippen molar-refractivity contribution in [3.8, 4) is 0 Å². The number of rotatable bonds is 9. The molecule has 9 atom stereocenters. The van der Waals surface area contributed by atoms with Gasteiger partial charge in [-0.15, -0.1) is 0 Å². The van der Waals surface area contributed by atoms with E-state index in [9.17, 15) is 24.0 Å². The van der Waals surface area contributed by atoms with Crippen molar-refractivity contribution < 1.29 is 61.9 Å². The lowest BCUT2D eigenvalue weighted by Crippen LogP contribution is -2.66. The monoisotopic (exact) mass is 722 g/mol. The zero-order valence-electron chi connectivity index (χ0n) is 32.4. The molecule has 0 amide bonds. The van der Waals surface area contributed by atoms with Crippen LogP contribution in [0.3, 0.4) is 0 Å². The molecule has 4 aliphatic carbocycles. The number of hydrogen-bond acceptors (Lipinski definition) is 13. The molecule has 0 aromatic rings. The van der Waals surface area contributed by atoms with Gasteiger partial charge in [-0.3, -0.25) is 4.79 Å². The molecule has 0 N–H and O–H groups in total. The lowest BCUT2D eigenvalue weighted by molar-refractivity contribution is -0.210. The van der Waals surface area contributed by atoms with Gasteiger partial charge in [-0.2, -0.15) is 0 Å². The smallest absolute Gasteiger partial charge is 0.438 e. The number of ketones is 1. The van der Waals surface area contributed by atoms with Crippen molar-refractivity contribution in [2.24, 2.45) is 39.4 Å². The predicted molar refractivity (Wildman–Crippen MR) is 183 cm³/mol. The average molecular weight is 723 g/mol. The van der Waals surface area contributed by atoms with Gasteiger partial charge in [0.05, 0.1) is 28.4 Å². The van der Waals surface area contributed by atoms with E-state index >= 15 is 0 Å². The third-order valence-corrected chi connectivity index (χ3v) is 13.5. The van der Waals surface area contributed by atoms with Crippen LogP contribution in [0.2, 0.25) is 0 Å². The maximum absolute atomic E-state index is 13.2. The van der Waals surface area contributed by atoms with Crippen molar-refractivity contribution in [2.75, 3.05) is 28.4 Å². The second kappa shape index (κ2) is 14.5. The largest absolute Gasteiger partial charge is 0.508 e.